The van der Waals surface area contributed by atoms with Gasteiger partial charge in [-0.2, -0.15) is 10.2 Å². The normalized spacial score (nSPS) is 21.5. The molecular weight excluding hydrogens is 627 g/mol. The Bertz CT molecular complexity index is 1940. The van der Waals surface area contributed by atoms with E-state index in [0.29, 0.717) is 80.4 Å². The van der Waals surface area contributed by atoms with Crippen molar-refractivity contribution in [3.63, 3.8) is 0 Å². The Hall–Kier alpha value is -3.76. The average Bonchev–Trinajstić information content (AvgIpc) is 3.73. The SMILES string of the molecule is CC(C)N[C@H]1CN(c2nc(N[C@@H]3CCCN(C)C3=O)c3c4c(c(-c5ccc(F)c6sc(N)c(C#N)c56)c(Cl)c3n2)COC4)C[C@@H]1C. The number of amides is 1. The Morgan fingerprint density at radius 1 is 1.22 bits per heavy atom. The van der Waals surface area contributed by atoms with Crippen LogP contribution in [0.1, 0.15) is 50.3 Å². The first-order valence-electron chi connectivity index (χ1n) is 15.6. The van der Waals surface area contributed by atoms with Crippen LogP contribution in [-0.2, 0) is 22.7 Å². The second-order valence-corrected chi connectivity index (χ2v) is 14.3. The van der Waals surface area contributed by atoms with Crippen LogP contribution < -0.4 is 21.3 Å². The van der Waals surface area contributed by atoms with E-state index in [4.69, 9.17) is 32.0 Å². The molecule has 13 heteroatoms. The zero-order valence-electron chi connectivity index (χ0n) is 26.2. The van der Waals surface area contributed by atoms with Gasteiger partial charge in [0.2, 0.25) is 11.9 Å². The molecule has 3 aliphatic rings. The highest BCUT2D eigenvalue weighted by Crippen LogP contribution is 2.49. The monoisotopic (exact) mass is 662 g/mol. The largest absolute Gasteiger partial charge is 0.389 e. The summed E-state index contributed by atoms with van der Waals surface area (Å²) >= 11 is 8.44. The molecule has 4 aromatic rings. The standard InChI is InChI=1S/C33H36ClFN8O2S/c1-15(2)38-23-12-43(11-16(23)3)33-40-28-26(31(41-33)39-22-6-5-9-42(4)32(22)44)20-14-45-13-19(20)24(27(28)34)17-7-8-21(35)29-25(17)18(10-36)30(37)46-29/h7-8,15-16,22-23,38H,5-6,9,11-14,37H2,1-4H3,(H,39,40,41)/t16-,22+,23-/m0/s1. The van der Waals surface area contributed by atoms with Gasteiger partial charge < -0.3 is 30.9 Å². The van der Waals surface area contributed by atoms with Crippen molar-refractivity contribution in [3.8, 4) is 17.2 Å². The first kappa shape index (κ1) is 30.9. The number of anilines is 3. The number of halogens is 2. The first-order valence-corrected chi connectivity index (χ1v) is 16.8. The van der Waals surface area contributed by atoms with Gasteiger partial charge in [0, 0.05) is 49.7 Å². The number of fused-ring (bicyclic) bond motifs is 4. The number of nitrogens with one attached hydrogen (secondary N) is 2. The highest BCUT2D eigenvalue weighted by molar-refractivity contribution is 7.23. The lowest BCUT2D eigenvalue weighted by atomic mass is 9.91. The summed E-state index contributed by atoms with van der Waals surface area (Å²) in [5.41, 5.74) is 9.84. The lowest BCUT2D eigenvalue weighted by Gasteiger charge is -2.31. The number of likely N-dealkylation sites (tertiary alicyclic amines) is 1. The number of carbonyl (C=O) groups excluding carboxylic acids is 1. The zero-order chi connectivity index (χ0) is 32.4. The van der Waals surface area contributed by atoms with Crippen molar-refractivity contribution in [2.75, 3.05) is 42.6 Å². The Kier molecular flexibility index (Phi) is 7.92. The van der Waals surface area contributed by atoms with Crippen LogP contribution in [0.15, 0.2) is 12.1 Å². The molecule has 2 aromatic carbocycles. The Morgan fingerprint density at radius 2 is 2.00 bits per heavy atom. The molecule has 3 aliphatic heterocycles. The van der Waals surface area contributed by atoms with Crippen LogP contribution >= 0.6 is 22.9 Å². The minimum absolute atomic E-state index is 0.0129. The number of nitrogens with two attached hydrogens (primary N) is 1. The molecule has 0 aliphatic carbocycles. The molecule has 3 atom stereocenters. The van der Waals surface area contributed by atoms with Crippen molar-refractivity contribution in [3.05, 3.63) is 39.7 Å². The van der Waals surface area contributed by atoms with Gasteiger partial charge in [-0.3, -0.25) is 4.79 Å². The summed E-state index contributed by atoms with van der Waals surface area (Å²) in [5, 5.41) is 18.9. The van der Waals surface area contributed by atoms with Crippen LogP contribution in [-0.4, -0.2) is 65.6 Å². The van der Waals surface area contributed by atoms with Crippen molar-refractivity contribution >= 4 is 66.6 Å². The number of aromatic nitrogens is 2. The van der Waals surface area contributed by atoms with Gasteiger partial charge in [0.05, 0.1) is 39.4 Å². The summed E-state index contributed by atoms with van der Waals surface area (Å²) in [4.78, 5) is 27.3. The molecule has 4 N–H and O–H groups in total. The number of hydrogen-bond donors (Lipinski definition) is 3. The summed E-state index contributed by atoms with van der Waals surface area (Å²) < 4.78 is 21.4. The van der Waals surface area contributed by atoms with Crippen LogP contribution in [0.2, 0.25) is 5.02 Å². The second kappa shape index (κ2) is 11.8. The second-order valence-electron chi connectivity index (χ2n) is 12.9. The zero-order valence-corrected chi connectivity index (χ0v) is 27.8. The molecule has 5 heterocycles. The van der Waals surface area contributed by atoms with E-state index >= 15 is 4.39 Å². The quantitative estimate of drug-likeness (QED) is 0.240. The minimum atomic E-state index is -0.451. The average molecular weight is 663 g/mol. The topological polar surface area (TPSA) is 132 Å². The molecule has 0 bridgehead atoms. The van der Waals surface area contributed by atoms with Gasteiger partial charge in [0.15, 0.2) is 0 Å². The van der Waals surface area contributed by atoms with E-state index in [1.165, 1.54) is 6.07 Å². The molecule has 46 heavy (non-hydrogen) atoms. The predicted octanol–water partition coefficient (Wildman–Crippen LogP) is 5.64. The molecule has 0 spiro atoms. The number of rotatable bonds is 6. The van der Waals surface area contributed by atoms with Gasteiger partial charge in [-0.05, 0) is 41.5 Å². The molecule has 0 radical (unpaired) electrons. The number of benzene rings is 2. The predicted molar refractivity (Wildman–Crippen MR) is 181 cm³/mol. The number of piperidine rings is 1. The van der Waals surface area contributed by atoms with Gasteiger partial charge in [-0.1, -0.05) is 38.4 Å². The van der Waals surface area contributed by atoms with Crippen molar-refractivity contribution in [2.24, 2.45) is 5.92 Å². The number of nitrogen functional groups attached to an aromatic ring is 1. The minimum Gasteiger partial charge on any atom is -0.389 e. The molecule has 2 aromatic heterocycles. The molecule has 2 fully saturated rings. The Morgan fingerprint density at radius 3 is 2.76 bits per heavy atom. The lowest BCUT2D eigenvalue weighted by Crippen LogP contribution is -2.45. The van der Waals surface area contributed by atoms with Gasteiger partial charge in [0.25, 0.3) is 0 Å². The first-order chi connectivity index (χ1) is 22.1. The smallest absolute Gasteiger partial charge is 0.244 e. The molecule has 1 amide bonds. The van der Waals surface area contributed by atoms with Crippen LogP contribution in [0.25, 0.3) is 32.1 Å². The van der Waals surface area contributed by atoms with E-state index in [9.17, 15) is 10.1 Å². The van der Waals surface area contributed by atoms with Gasteiger partial charge >= 0.3 is 0 Å². The number of nitriles is 1. The maximum atomic E-state index is 15.1. The van der Waals surface area contributed by atoms with Gasteiger partial charge in [-0.25, -0.2) is 9.37 Å². The molecular formula is C33H36ClFN8O2S. The number of likely N-dealkylation sites (N-methyl/N-ethyl adjacent to an activating group) is 1. The third kappa shape index (κ3) is 5.01. The molecule has 7 rings (SSSR count). The van der Waals surface area contributed by atoms with Crippen LogP contribution in [0, 0.1) is 23.1 Å². The number of thiophene rings is 1. The number of carbonyl (C=O) groups is 1. The summed E-state index contributed by atoms with van der Waals surface area (Å²) in [6.45, 7) is 9.21. The lowest BCUT2D eigenvalue weighted by molar-refractivity contribution is -0.132. The molecule has 2 saturated heterocycles. The third-order valence-electron chi connectivity index (χ3n) is 9.40. The van der Waals surface area contributed by atoms with Gasteiger partial charge in [-0.15, -0.1) is 11.3 Å². The van der Waals surface area contributed by atoms with E-state index in [0.717, 1.165) is 35.4 Å². The van der Waals surface area contributed by atoms with Crippen molar-refractivity contribution < 1.29 is 13.9 Å². The number of nitrogens with zero attached hydrogens (tertiary/aromatic N) is 5. The summed E-state index contributed by atoms with van der Waals surface area (Å²) in [7, 11) is 1.82. The fraction of sp³-hybridized carbons (Fsp3) is 0.455. The van der Waals surface area contributed by atoms with E-state index in [-0.39, 0.29) is 35.7 Å². The van der Waals surface area contributed by atoms with E-state index in [1.54, 1.807) is 11.0 Å². The molecule has 0 unspecified atom stereocenters. The van der Waals surface area contributed by atoms with Crippen molar-refractivity contribution in [1.82, 2.24) is 20.2 Å². The van der Waals surface area contributed by atoms with Crippen molar-refractivity contribution in [2.45, 2.75) is 65.0 Å². The highest BCUT2D eigenvalue weighted by Gasteiger charge is 2.35. The van der Waals surface area contributed by atoms with Crippen LogP contribution in [0.3, 0.4) is 0 Å². The molecule has 0 saturated carbocycles. The van der Waals surface area contributed by atoms with E-state index in [1.807, 2.05) is 7.05 Å². The van der Waals surface area contributed by atoms with Crippen molar-refractivity contribution in [1.29, 1.82) is 5.26 Å². The van der Waals surface area contributed by atoms with Crippen LogP contribution in [0.5, 0.6) is 0 Å². The fourth-order valence-corrected chi connectivity index (χ4v) is 8.46. The van der Waals surface area contributed by atoms with E-state index < -0.39 is 11.9 Å². The molecule has 10 nitrogen and oxygen atoms in total. The van der Waals surface area contributed by atoms with Crippen LogP contribution in [0.4, 0.5) is 21.2 Å². The summed E-state index contributed by atoms with van der Waals surface area (Å²) in [5.74, 6) is 0.970. The van der Waals surface area contributed by atoms with Gasteiger partial charge in [0.1, 0.15) is 28.7 Å². The Labute approximate surface area is 275 Å². The fourth-order valence-electron chi connectivity index (χ4n) is 7.16. The molecule has 240 valence electrons. The Balaban J connectivity index is 1.47. The third-order valence-corrected chi connectivity index (χ3v) is 10.8. The number of ether oxygens (including phenoxy) is 1. The van der Waals surface area contributed by atoms with E-state index in [2.05, 4.69) is 42.4 Å². The summed E-state index contributed by atoms with van der Waals surface area (Å²) in [6.07, 6.45) is 1.55. The summed E-state index contributed by atoms with van der Waals surface area (Å²) in [6, 6.07) is 5.34. The maximum absolute atomic E-state index is 15.1. The maximum Gasteiger partial charge on any atom is 0.244 e. The highest BCUT2D eigenvalue weighted by atomic mass is 35.5. The number of hydrogen-bond acceptors (Lipinski definition) is 10.